The number of esters is 2. The number of ether oxygens (including phenoxy) is 2. The molecule has 1 fully saturated rings. The maximum absolute atomic E-state index is 13.3. The molecule has 6 unspecified atom stereocenters. The van der Waals surface area contributed by atoms with Gasteiger partial charge < -0.3 is 53.9 Å². The van der Waals surface area contributed by atoms with Crippen LogP contribution in [0.2, 0.25) is 0 Å². The Morgan fingerprint density at radius 3 is 1.19 bits per heavy atom. The van der Waals surface area contributed by atoms with Crippen molar-refractivity contribution in [2.45, 2.75) is 236 Å². The molecule has 1 rings (SSSR count). The minimum atomic E-state index is -5.79. The lowest BCUT2D eigenvalue weighted by atomic mass is 9.85. The molecule has 26 heteroatoms. The minimum absolute atomic E-state index is 0.0374. The highest BCUT2D eigenvalue weighted by atomic mass is 31.2. The van der Waals surface area contributed by atoms with Gasteiger partial charge in [0.05, 0.1) is 6.61 Å². The van der Waals surface area contributed by atoms with E-state index in [2.05, 4.69) is 39.6 Å². The van der Waals surface area contributed by atoms with E-state index in [0.717, 1.165) is 64.2 Å². The van der Waals surface area contributed by atoms with Crippen molar-refractivity contribution in [1.29, 1.82) is 0 Å². The number of carbonyl (C=O) groups excluding carboxylic acids is 2. The van der Waals surface area contributed by atoms with Gasteiger partial charge >= 0.3 is 43.2 Å². The van der Waals surface area contributed by atoms with Crippen LogP contribution < -0.4 is 0 Å². The molecule has 0 bridgehead atoms. The van der Waals surface area contributed by atoms with E-state index in [4.69, 9.17) is 18.5 Å². The molecule has 408 valence electrons. The summed E-state index contributed by atoms with van der Waals surface area (Å²) in [5.74, 6) is -1.40. The largest absolute Gasteiger partial charge is 0.472 e. The van der Waals surface area contributed by atoms with E-state index in [0.29, 0.717) is 19.3 Å². The lowest BCUT2D eigenvalue weighted by Crippen LogP contribution is -2.65. The van der Waals surface area contributed by atoms with Crippen molar-refractivity contribution in [3.05, 3.63) is 12.2 Å². The fourth-order valence-electron chi connectivity index (χ4n) is 7.72. The van der Waals surface area contributed by atoms with E-state index in [9.17, 15) is 72.3 Å². The van der Waals surface area contributed by atoms with E-state index in [1.54, 1.807) is 0 Å². The number of aliphatic hydroxyl groups excluding tert-OH is 2. The maximum atomic E-state index is 13.3. The highest BCUT2D eigenvalue weighted by molar-refractivity contribution is 7.47. The highest BCUT2D eigenvalue weighted by Gasteiger charge is 2.59. The van der Waals surface area contributed by atoms with Gasteiger partial charge in [-0.2, -0.15) is 0 Å². The molecule has 0 heterocycles. The van der Waals surface area contributed by atoms with Crippen LogP contribution in [0.1, 0.15) is 194 Å². The summed E-state index contributed by atoms with van der Waals surface area (Å²) in [7, 11) is -23.0. The van der Waals surface area contributed by atoms with Gasteiger partial charge in [0.2, 0.25) is 0 Å². The Morgan fingerprint density at radius 1 is 0.449 bits per heavy atom. The minimum Gasteiger partial charge on any atom is -0.462 e. The zero-order valence-corrected chi connectivity index (χ0v) is 44.1. The summed E-state index contributed by atoms with van der Waals surface area (Å²) in [6.45, 7) is 2.75. The molecule has 9 N–H and O–H groups in total. The highest BCUT2D eigenvalue weighted by Crippen LogP contribution is 2.53. The van der Waals surface area contributed by atoms with Crippen molar-refractivity contribution >= 4 is 43.2 Å². The zero-order valence-electron chi connectivity index (χ0n) is 40.5. The van der Waals surface area contributed by atoms with Crippen LogP contribution in [-0.4, -0.2) is 112 Å². The normalized spacial score (nSPS) is 21.6. The molecular formula is C43H84O22P4. The van der Waals surface area contributed by atoms with Crippen molar-refractivity contribution in [1.82, 2.24) is 0 Å². The summed E-state index contributed by atoms with van der Waals surface area (Å²) in [5, 5.41) is 21.8. The molecule has 8 atom stereocenters. The summed E-state index contributed by atoms with van der Waals surface area (Å²) in [5.41, 5.74) is 0. The van der Waals surface area contributed by atoms with Crippen molar-refractivity contribution in [3.63, 3.8) is 0 Å². The van der Waals surface area contributed by atoms with Crippen LogP contribution in [0.5, 0.6) is 0 Å². The third kappa shape index (κ3) is 35.0. The molecule has 0 aromatic heterocycles. The van der Waals surface area contributed by atoms with E-state index in [1.807, 2.05) is 0 Å². The number of unbranched alkanes of at least 4 members (excludes halogenated alkanes) is 23. The number of rotatable bonds is 43. The number of phosphoric acid groups is 4. The molecule has 22 nitrogen and oxygen atoms in total. The lowest BCUT2D eigenvalue weighted by Gasteiger charge is -2.45. The molecule has 1 aliphatic rings. The van der Waals surface area contributed by atoms with Gasteiger partial charge in [-0.15, -0.1) is 0 Å². The molecule has 0 aliphatic heterocycles. The second-order valence-corrected chi connectivity index (χ2v) is 22.6. The van der Waals surface area contributed by atoms with Crippen molar-refractivity contribution < 1.29 is 104 Å². The van der Waals surface area contributed by atoms with Crippen LogP contribution in [0.3, 0.4) is 0 Å². The number of hydrogen-bond acceptors (Lipinski definition) is 15. The second kappa shape index (κ2) is 36.9. The third-order valence-corrected chi connectivity index (χ3v) is 13.8. The fourth-order valence-corrected chi connectivity index (χ4v) is 10.4. The monoisotopic (exact) mass is 1080 g/mol. The average Bonchev–Trinajstić information content (AvgIpc) is 3.25. The Hall–Kier alpha value is -0.960. The molecule has 1 aliphatic carbocycles. The van der Waals surface area contributed by atoms with Crippen LogP contribution >= 0.6 is 31.3 Å². The first-order valence-electron chi connectivity index (χ1n) is 24.7. The SMILES string of the molecule is CCCCCCCCC=CCCCCCCCC(=O)O[C@H](COC(=O)CCCCCCCCCCCCCCC)COP(=O)(O)OC1C(O)C(OP(=O)(O)O)C(OP(=O)(O)O)[C@@H](OP(=O)(O)O)C1O. The number of phosphoric ester groups is 4. The van der Waals surface area contributed by atoms with Gasteiger partial charge in [-0.05, 0) is 38.5 Å². The van der Waals surface area contributed by atoms with Gasteiger partial charge in [0.25, 0.3) is 0 Å². The Balaban J connectivity index is 2.90. The average molecular weight is 1080 g/mol. The Morgan fingerprint density at radius 2 is 0.797 bits per heavy atom. The van der Waals surface area contributed by atoms with Crippen molar-refractivity contribution in [2.75, 3.05) is 13.2 Å². The van der Waals surface area contributed by atoms with Crippen LogP contribution in [0.25, 0.3) is 0 Å². The fraction of sp³-hybridized carbons (Fsp3) is 0.907. The molecule has 0 aromatic carbocycles. The Labute approximate surface area is 408 Å². The van der Waals surface area contributed by atoms with Crippen LogP contribution in [0.15, 0.2) is 12.2 Å². The van der Waals surface area contributed by atoms with E-state index in [-0.39, 0.29) is 12.8 Å². The smallest absolute Gasteiger partial charge is 0.462 e. The summed E-state index contributed by atoms with van der Waals surface area (Å²) in [6.07, 6.45) is 14.2. The molecule has 0 radical (unpaired) electrons. The lowest BCUT2D eigenvalue weighted by molar-refractivity contribution is -0.209. The summed E-state index contributed by atoms with van der Waals surface area (Å²) >= 11 is 0. The topological polar surface area (TPSA) is 349 Å². The van der Waals surface area contributed by atoms with Gasteiger partial charge in [-0.1, -0.05) is 154 Å². The molecule has 0 saturated heterocycles. The molecular weight excluding hydrogens is 992 g/mol. The summed E-state index contributed by atoms with van der Waals surface area (Å²) in [6, 6.07) is 0. The first-order valence-corrected chi connectivity index (χ1v) is 30.8. The van der Waals surface area contributed by atoms with Gasteiger partial charge in [0.1, 0.15) is 43.2 Å². The number of hydrogen-bond donors (Lipinski definition) is 9. The van der Waals surface area contributed by atoms with Gasteiger partial charge in [-0.25, -0.2) is 18.3 Å². The first kappa shape index (κ1) is 66.1. The quantitative estimate of drug-likeness (QED) is 0.0119. The zero-order chi connectivity index (χ0) is 51.8. The third-order valence-electron chi connectivity index (χ3n) is 11.3. The predicted molar refractivity (Wildman–Crippen MR) is 254 cm³/mol. The van der Waals surface area contributed by atoms with Gasteiger partial charge in [0, 0.05) is 12.8 Å². The summed E-state index contributed by atoms with van der Waals surface area (Å²) < 4.78 is 82.1. The number of aliphatic hydroxyl groups is 2. The van der Waals surface area contributed by atoms with E-state index in [1.165, 1.54) is 83.5 Å². The van der Waals surface area contributed by atoms with Gasteiger partial charge in [0.15, 0.2) is 6.10 Å². The summed E-state index contributed by atoms with van der Waals surface area (Å²) in [4.78, 5) is 92.8. The number of allylic oxidation sites excluding steroid dienone is 2. The molecule has 0 aromatic rings. The molecule has 1 saturated carbocycles. The van der Waals surface area contributed by atoms with E-state index >= 15 is 0 Å². The van der Waals surface area contributed by atoms with Crippen molar-refractivity contribution in [2.24, 2.45) is 0 Å². The second-order valence-electron chi connectivity index (χ2n) is 17.6. The van der Waals surface area contributed by atoms with Crippen molar-refractivity contribution in [3.8, 4) is 0 Å². The maximum Gasteiger partial charge on any atom is 0.472 e. The Bertz CT molecular complexity index is 1560. The number of carbonyl (C=O) groups is 2. The Kier molecular flexibility index (Phi) is 35.3. The molecule has 0 spiro atoms. The van der Waals surface area contributed by atoms with Gasteiger partial charge in [-0.3, -0.25) is 32.2 Å². The first-order chi connectivity index (χ1) is 32.5. The van der Waals surface area contributed by atoms with Crippen LogP contribution in [0, 0.1) is 0 Å². The standard InChI is InChI=1S/C43H84O22P4/c1-3-5-7-9-11-13-15-17-18-20-22-24-26-28-30-32-37(45)61-35(33-59-36(44)31-29-27-25-23-21-19-16-14-12-10-8-6-4-2)34-60-69(57,58)65-40-38(46)41(62-66(48,49)50)43(64-68(54,55)56)42(39(40)47)63-67(51,52)53/h17-18,35,38-43,46-47H,3-16,19-34H2,1-2H3,(H,57,58)(H2,48,49,50)(H2,51,52,53)(H2,54,55,56)/t35-,38?,39?,40?,41+,42?,43?/m1/s1. The van der Waals surface area contributed by atoms with Crippen LogP contribution in [0.4, 0.5) is 0 Å². The van der Waals surface area contributed by atoms with E-state index < -0.39 is 99.2 Å². The predicted octanol–water partition coefficient (Wildman–Crippen LogP) is 8.63. The van der Waals surface area contributed by atoms with Crippen LogP contribution in [-0.2, 0) is 59.9 Å². The molecule has 0 amide bonds. The molecule has 69 heavy (non-hydrogen) atoms.